The molecule has 0 unspecified atom stereocenters. The third-order valence-corrected chi connectivity index (χ3v) is 5.42. The SMILES string of the molecule is CCn1c(SCC(=O)Nc2cccc(NC(=O)c3ccco3)c2)nnc1-c1ccncc1. The van der Waals surface area contributed by atoms with Crippen LogP contribution >= 0.6 is 11.8 Å². The van der Waals surface area contributed by atoms with E-state index in [9.17, 15) is 9.59 Å². The minimum Gasteiger partial charge on any atom is -0.459 e. The number of rotatable bonds is 8. The molecule has 4 aromatic rings. The summed E-state index contributed by atoms with van der Waals surface area (Å²) in [6, 6.07) is 13.9. The van der Waals surface area contributed by atoms with E-state index in [1.54, 1.807) is 48.8 Å². The topological polar surface area (TPSA) is 115 Å². The first-order chi connectivity index (χ1) is 15.6. The zero-order valence-corrected chi connectivity index (χ0v) is 18.0. The van der Waals surface area contributed by atoms with Crippen LogP contribution in [0.3, 0.4) is 0 Å². The maximum Gasteiger partial charge on any atom is 0.291 e. The lowest BCUT2D eigenvalue weighted by Gasteiger charge is -2.09. The van der Waals surface area contributed by atoms with Crippen LogP contribution in [0.1, 0.15) is 17.5 Å². The maximum absolute atomic E-state index is 12.5. The fourth-order valence-electron chi connectivity index (χ4n) is 3.00. The molecule has 10 heteroatoms. The summed E-state index contributed by atoms with van der Waals surface area (Å²) in [5, 5.41) is 14.7. The van der Waals surface area contributed by atoms with Crippen molar-refractivity contribution in [2.75, 3.05) is 16.4 Å². The second-order valence-electron chi connectivity index (χ2n) is 6.64. The molecule has 0 aliphatic carbocycles. The predicted molar refractivity (Wildman–Crippen MR) is 121 cm³/mol. The van der Waals surface area contributed by atoms with E-state index in [1.165, 1.54) is 18.0 Å². The molecular formula is C22H20N6O3S. The Hall–Kier alpha value is -3.92. The first kappa shape index (κ1) is 21.3. The van der Waals surface area contributed by atoms with Crippen molar-refractivity contribution in [3.8, 4) is 11.4 Å². The highest BCUT2D eigenvalue weighted by atomic mass is 32.2. The van der Waals surface area contributed by atoms with Crippen LogP contribution < -0.4 is 10.6 Å². The van der Waals surface area contributed by atoms with E-state index >= 15 is 0 Å². The van der Waals surface area contributed by atoms with Crippen molar-refractivity contribution in [1.29, 1.82) is 0 Å². The lowest BCUT2D eigenvalue weighted by molar-refractivity contribution is -0.113. The van der Waals surface area contributed by atoms with Crippen LogP contribution in [0.15, 0.2) is 76.8 Å². The molecule has 0 saturated heterocycles. The van der Waals surface area contributed by atoms with Gasteiger partial charge in [0.05, 0.1) is 12.0 Å². The van der Waals surface area contributed by atoms with Crippen LogP contribution in [0.2, 0.25) is 0 Å². The molecule has 162 valence electrons. The average molecular weight is 449 g/mol. The smallest absolute Gasteiger partial charge is 0.291 e. The van der Waals surface area contributed by atoms with Gasteiger partial charge in [-0.05, 0) is 49.4 Å². The van der Waals surface area contributed by atoms with Gasteiger partial charge in [0, 0.05) is 35.9 Å². The maximum atomic E-state index is 12.5. The van der Waals surface area contributed by atoms with E-state index < -0.39 is 0 Å². The number of furan rings is 1. The van der Waals surface area contributed by atoms with Gasteiger partial charge in [0.25, 0.3) is 5.91 Å². The number of carbonyl (C=O) groups is 2. The third kappa shape index (κ3) is 5.03. The first-order valence-electron chi connectivity index (χ1n) is 9.85. The number of anilines is 2. The average Bonchev–Trinajstić information content (AvgIpc) is 3.48. The Balaban J connectivity index is 1.37. The summed E-state index contributed by atoms with van der Waals surface area (Å²) >= 11 is 1.31. The third-order valence-electron chi connectivity index (χ3n) is 4.45. The van der Waals surface area contributed by atoms with E-state index in [1.807, 2.05) is 23.6 Å². The lowest BCUT2D eigenvalue weighted by atomic mass is 10.2. The lowest BCUT2D eigenvalue weighted by Crippen LogP contribution is -2.15. The number of nitrogens with zero attached hydrogens (tertiary/aromatic N) is 4. The Morgan fingerprint density at radius 2 is 1.81 bits per heavy atom. The van der Waals surface area contributed by atoms with Crippen molar-refractivity contribution in [3.63, 3.8) is 0 Å². The monoisotopic (exact) mass is 448 g/mol. The fraction of sp³-hybridized carbons (Fsp3) is 0.136. The van der Waals surface area contributed by atoms with Gasteiger partial charge in [-0.2, -0.15) is 0 Å². The van der Waals surface area contributed by atoms with Crippen molar-refractivity contribution in [2.45, 2.75) is 18.6 Å². The number of pyridine rings is 1. The van der Waals surface area contributed by atoms with Gasteiger partial charge in [0.15, 0.2) is 16.7 Å². The Morgan fingerprint density at radius 3 is 2.53 bits per heavy atom. The number of thioether (sulfide) groups is 1. The highest BCUT2D eigenvalue weighted by molar-refractivity contribution is 7.99. The molecule has 0 saturated carbocycles. The Kier molecular flexibility index (Phi) is 6.61. The van der Waals surface area contributed by atoms with E-state index in [2.05, 4.69) is 25.8 Å². The summed E-state index contributed by atoms with van der Waals surface area (Å²) in [7, 11) is 0. The van der Waals surface area contributed by atoms with Crippen LogP contribution in [-0.2, 0) is 11.3 Å². The largest absolute Gasteiger partial charge is 0.459 e. The van der Waals surface area contributed by atoms with Crippen molar-refractivity contribution >= 4 is 35.0 Å². The molecule has 4 rings (SSSR count). The molecule has 0 aliphatic rings. The molecule has 2 amide bonds. The minimum absolute atomic E-state index is 0.164. The van der Waals surface area contributed by atoms with Gasteiger partial charge in [-0.1, -0.05) is 17.8 Å². The zero-order chi connectivity index (χ0) is 22.3. The molecule has 2 N–H and O–H groups in total. The number of hydrogen-bond donors (Lipinski definition) is 2. The van der Waals surface area contributed by atoms with Crippen LogP contribution in [0, 0.1) is 0 Å². The zero-order valence-electron chi connectivity index (χ0n) is 17.2. The Labute approximate surface area is 188 Å². The number of amides is 2. The number of carbonyl (C=O) groups excluding carboxylic acids is 2. The van der Waals surface area contributed by atoms with Gasteiger partial charge in [0.1, 0.15) is 0 Å². The molecule has 0 atom stereocenters. The van der Waals surface area contributed by atoms with Crippen LogP contribution in [0.4, 0.5) is 11.4 Å². The molecule has 32 heavy (non-hydrogen) atoms. The number of hydrogen-bond acceptors (Lipinski definition) is 7. The molecule has 3 aromatic heterocycles. The summed E-state index contributed by atoms with van der Waals surface area (Å²) in [6.45, 7) is 2.67. The first-order valence-corrected chi connectivity index (χ1v) is 10.8. The summed E-state index contributed by atoms with van der Waals surface area (Å²) in [6.07, 6.45) is 4.84. The van der Waals surface area contributed by atoms with E-state index in [0.29, 0.717) is 23.1 Å². The van der Waals surface area contributed by atoms with E-state index in [0.717, 1.165) is 11.4 Å². The molecule has 0 bridgehead atoms. The van der Waals surface area contributed by atoms with Crippen LogP contribution in [0.5, 0.6) is 0 Å². The van der Waals surface area contributed by atoms with Crippen molar-refractivity contribution in [2.24, 2.45) is 0 Å². The van der Waals surface area contributed by atoms with E-state index in [-0.39, 0.29) is 23.3 Å². The van der Waals surface area contributed by atoms with Gasteiger partial charge >= 0.3 is 0 Å². The Morgan fingerprint density at radius 1 is 1.03 bits per heavy atom. The standard InChI is InChI=1S/C22H20N6O3S/c1-2-28-20(15-8-10-23-11-9-15)26-27-22(28)32-14-19(29)24-16-5-3-6-17(13-16)25-21(30)18-7-4-12-31-18/h3-13H,2,14H2,1H3,(H,24,29)(H,25,30). The minimum atomic E-state index is -0.363. The highest BCUT2D eigenvalue weighted by Crippen LogP contribution is 2.24. The fourth-order valence-corrected chi connectivity index (χ4v) is 3.80. The van der Waals surface area contributed by atoms with E-state index in [4.69, 9.17) is 4.42 Å². The van der Waals surface area contributed by atoms with Crippen LogP contribution in [-0.4, -0.2) is 37.3 Å². The second-order valence-corrected chi connectivity index (χ2v) is 7.58. The van der Waals surface area contributed by atoms with Crippen molar-refractivity contribution in [1.82, 2.24) is 19.7 Å². The normalized spacial score (nSPS) is 10.7. The number of nitrogens with one attached hydrogen (secondary N) is 2. The van der Waals surface area contributed by atoms with Gasteiger partial charge in [-0.15, -0.1) is 10.2 Å². The summed E-state index contributed by atoms with van der Waals surface area (Å²) < 4.78 is 7.04. The summed E-state index contributed by atoms with van der Waals surface area (Å²) in [5.41, 5.74) is 2.03. The molecule has 0 radical (unpaired) electrons. The van der Waals surface area contributed by atoms with Gasteiger partial charge in [-0.3, -0.25) is 14.6 Å². The molecule has 9 nitrogen and oxygen atoms in total. The number of benzene rings is 1. The quantitative estimate of drug-likeness (QED) is 0.392. The molecular weight excluding hydrogens is 428 g/mol. The second kappa shape index (κ2) is 9.92. The number of aromatic nitrogens is 4. The Bertz CT molecular complexity index is 1210. The molecule has 0 aliphatic heterocycles. The molecule has 0 fully saturated rings. The molecule has 3 heterocycles. The predicted octanol–water partition coefficient (Wildman–Crippen LogP) is 3.94. The van der Waals surface area contributed by atoms with Crippen molar-refractivity contribution in [3.05, 3.63) is 72.9 Å². The van der Waals surface area contributed by atoms with Crippen molar-refractivity contribution < 1.29 is 14.0 Å². The van der Waals surface area contributed by atoms with Gasteiger partial charge < -0.3 is 19.6 Å². The highest BCUT2D eigenvalue weighted by Gasteiger charge is 2.15. The molecule has 0 spiro atoms. The van der Waals surface area contributed by atoms with Crippen LogP contribution in [0.25, 0.3) is 11.4 Å². The van der Waals surface area contributed by atoms with Gasteiger partial charge in [0.2, 0.25) is 5.91 Å². The van der Waals surface area contributed by atoms with Gasteiger partial charge in [-0.25, -0.2) is 0 Å². The summed E-state index contributed by atoms with van der Waals surface area (Å²) in [5.74, 6) is 0.552. The molecule has 1 aromatic carbocycles. The summed E-state index contributed by atoms with van der Waals surface area (Å²) in [4.78, 5) is 28.6.